The minimum absolute atomic E-state index is 0.0814. The molecule has 2 aromatic carbocycles. The van der Waals surface area contributed by atoms with Gasteiger partial charge in [-0.3, -0.25) is 13.9 Å². The number of methoxy groups -OCH3 is 1. The van der Waals surface area contributed by atoms with Gasteiger partial charge in [-0.2, -0.15) is 0 Å². The van der Waals surface area contributed by atoms with Crippen LogP contribution < -0.4 is 10.4 Å². The smallest absolute Gasteiger partial charge is 0.328 e. The monoisotopic (exact) mass is 379 g/mol. The molecule has 1 atom stereocenters. The fourth-order valence-electron chi connectivity index (χ4n) is 4.17. The summed E-state index contributed by atoms with van der Waals surface area (Å²) in [5.41, 5.74) is 2.81. The van der Waals surface area contributed by atoms with E-state index in [-0.39, 0.29) is 17.6 Å². The summed E-state index contributed by atoms with van der Waals surface area (Å²) in [5, 5.41) is 0. The number of hydrogen-bond acceptors (Lipinski definition) is 3. The molecule has 0 aliphatic carbocycles. The fourth-order valence-corrected chi connectivity index (χ4v) is 4.17. The van der Waals surface area contributed by atoms with Crippen LogP contribution in [0.25, 0.3) is 11.0 Å². The third-order valence-electron chi connectivity index (χ3n) is 5.67. The Morgan fingerprint density at radius 3 is 2.54 bits per heavy atom. The number of hydrogen-bond donors (Lipinski definition) is 0. The molecular formula is C22H25N3O3. The molecular weight excluding hydrogens is 354 g/mol. The Labute approximate surface area is 163 Å². The van der Waals surface area contributed by atoms with Gasteiger partial charge in [-0.25, -0.2) is 4.79 Å². The van der Waals surface area contributed by atoms with E-state index in [2.05, 4.69) is 0 Å². The summed E-state index contributed by atoms with van der Waals surface area (Å²) in [7, 11) is 3.42. The van der Waals surface area contributed by atoms with E-state index in [1.807, 2.05) is 53.4 Å². The van der Waals surface area contributed by atoms with Crippen LogP contribution in [0.2, 0.25) is 0 Å². The molecule has 1 aromatic heterocycles. The molecule has 6 heteroatoms. The van der Waals surface area contributed by atoms with E-state index >= 15 is 0 Å². The molecule has 2 heterocycles. The molecule has 1 saturated heterocycles. The first-order valence-corrected chi connectivity index (χ1v) is 9.68. The summed E-state index contributed by atoms with van der Waals surface area (Å²) < 4.78 is 8.56. The van der Waals surface area contributed by atoms with Crippen LogP contribution in [-0.4, -0.2) is 33.6 Å². The first-order valence-electron chi connectivity index (χ1n) is 9.68. The summed E-state index contributed by atoms with van der Waals surface area (Å²) >= 11 is 0. The lowest BCUT2D eigenvalue weighted by Crippen LogP contribution is -2.32. The number of carbonyl (C=O) groups is 1. The van der Waals surface area contributed by atoms with Gasteiger partial charge in [0, 0.05) is 26.6 Å². The number of nitrogens with zero attached hydrogens (tertiary/aromatic N) is 3. The lowest BCUT2D eigenvalue weighted by atomic mass is 10.0. The summed E-state index contributed by atoms with van der Waals surface area (Å²) in [6, 6.07) is 15.7. The van der Waals surface area contributed by atoms with Crippen LogP contribution in [0.1, 0.15) is 30.9 Å². The molecule has 0 radical (unpaired) electrons. The van der Waals surface area contributed by atoms with Crippen molar-refractivity contribution in [3.05, 3.63) is 64.6 Å². The third-order valence-corrected chi connectivity index (χ3v) is 5.67. The van der Waals surface area contributed by atoms with Crippen molar-refractivity contribution in [2.45, 2.75) is 31.8 Å². The maximum atomic E-state index is 13.0. The van der Waals surface area contributed by atoms with Crippen molar-refractivity contribution in [2.24, 2.45) is 7.05 Å². The van der Waals surface area contributed by atoms with Crippen molar-refractivity contribution in [1.29, 1.82) is 0 Å². The number of aromatic nitrogens is 2. The van der Waals surface area contributed by atoms with Gasteiger partial charge < -0.3 is 9.64 Å². The Hall–Kier alpha value is -3.02. The van der Waals surface area contributed by atoms with Gasteiger partial charge in [0.1, 0.15) is 5.75 Å². The van der Waals surface area contributed by atoms with Gasteiger partial charge in [0.05, 0.1) is 24.2 Å². The van der Waals surface area contributed by atoms with Crippen molar-refractivity contribution in [1.82, 2.24) is 14.0 Å². The van der Waals surface area contributed by atoms with Crippen LogP contribution in [0.3, 0.4) is 0 Å². The standard InChI is InChI=1S/C22H25N3O3/c1-23-19-6-3-4-7-20(19)25(22(23)27)15-13-21(26)24-14-5-8-18(24)16-9-11-17(28-2)12-10-16/h3-4,6-7,9-12,18H,5,8,13-15H2,1-2H3. The minimum Gasteiger partial charge on any atom is -0.497 e. The summed E-state index contributed by atoms with van der Waals surface area (Å²) in [4.78, 5) is 27.5. The first-order chi connectivity index (χ1) is 13.6. The number of para-hydroxylation sites is 2. The topological polar surface area (TPSA) is 56.5 Å². The molecule has 1 aliphatic rings. The normalized spacial score (nSPS) is 16.6. The first kappa shape index (κ1) is 18.3. The predicted octanol–water partition coefficient (Wildman–Crippen LogP) is 3.10. The number of benzene rings is 2. The van der Waals surface area contributed by atoms with Gasteiger partial charge in [0.2, 0.25) is 5.91 Å². The minimum atomic E-state index is -0.0814. The van der Waals surface area contributed by atoms with Crippen molar-refractivity contribution in [2.75, 3.05) is 13.7 Å². The molecule has 6 nitrogen and oxygen atoms in total. The Balaban J connectivity index is 1.50. The second-order valence-electron chi connectivity index (χ2n) is 7.25. The number of ether oxygens (including phenoxy) is 1. The van der Waals surface area contributed by atoms with Gasteiger partial charge in [-0.1, -0.05) is 24.3 Å². The SMILES string of the molecule is COc1ccc(C2CCCN2C(=O)CCn2c(=O)n(C)c3ccccc32)cc1. The fraction of sp³-hybridized carbons (Fsp3) is 0.364. The van der Waals surface area contributed by atoms with Gasteiger partial charge >= 0.3 is 5.69 Å². The predicted molar refractivity (Wildman–Crippen MR) is 108 cm³/mol. The van der Waals surface area contributed by atoms with E-state index in [9.17, 15) is 9.59 Å². The molecule has 3 aromatic rings. The van der Waals surface area contributed by atoms with Crippen LogP contribution in [0.4, 0.5) is 0 Å². The van der Waals surface area contributed by atoms with E-state index in [1.165, 1.54) is 0 Å². The average Bonchev–Trinajstić information content (AvgIpc) is 3.31. The quantitative estimate of drug-likeness (QED) is 0.684. The highest BCUT2D eigenvalue weighted by atomic mass is 16.5. The van der Waals surface area contributed by atoms with Crippen molar-refractivity contribution < 1.29 is 9.53 Å². The molecule has 4 rings (SSSR count). The Morgan fingerprint density at radius 2 is 1.82 bits per heavy atom. The molecule has 0 bridgehead atoms. The van der Waals surface area contributed by atoms with Gasteiger partial charge in [0.25, 0.3) is 0 Å². The highest BCUT2D eigenvalue weighted by molar-refractivity contribution is 5.78. The summed E-state index contributed by atoms with van der Waals surface area (Å²) in [5.74, 6) is 0.910. The van der Waals surface area contributed by atoms with Crippen LogP contribution >= 0.6 is 0 Å². The zero-order valence-electron chi connectivity index (χ0n) is 16.3. The molecule has 0 spiro atoms. The number of imidazole rings is 1. The maximum Gasteiger partial charge on any atom is 0.328 e. The molecule has 1 fully saturated rings. The average molecular weight is 379 g/mol. The van der Waals surface area contributed by atoms with Gasteiger partial charge in [0.15, 0.2) is 0 Å². The van der Waals surface area contributed by atoms with Crippen LogP contribution in [0, 0.1) is 0 Å². The molecule has 1 unspecified atom stereocenters. The largest absolute Gasteiger partial charge is 0.497 e. The Morgan fingerprint density at radius 1 is 1.11 bits per heavy atom. The molecule has 1 amide bonds. The van der Waals surface area contributed by atoms with Gasteiger partial charge in [-0.05, 0) is 42.7 Å². The molecule has 1 aliphatic heterocycles. The third kappa shape index (κ3) is 3.19. The summed E-state index contributed by atoms with van der Waals surface area (Å²) in [6.07, 6.45) is 2.28. The number of aryl methyl sites for hydroxylation is 2. The number of likely N-dealkylation sites (tertiary alicyclic amines) is 1. The van der Waals surface area contributed by atoms with Crippen LogP contribution in [-0.2, 0) is 18.4 Å². The lowest BCUT2D eigenvalue weighted by Gasteiger charge is -2.25. The van der Waals surface area contributed by atoms with E-state index in [1.54, 1.807) is 23.3 Å². The second kappa shape index (κ2) is 7.54. The molecule has 28 heavy (non-hydrogen) atoms. The molecule has 0 saturated carbocycles. The van der Waals surface area contributed by atoms with Crippen molar-refractivity contribution in [3.8, 4) is 5.75 Å². The number of amides is 1. The number of fused-ring (bicyclic) bond motifs is 1. The Kier molecular flexibility index (Phi) is 4.94. The second-order valence-corrected chi connectivity index (χ2v) is 7.25. The maximum absolute atomic E-state index is 13.0. The van der Waals surface area contributed by atoms with E-state index in [0.717, 1.165) is 41.7 Å². The Bertz CT molecular complexity index is 1050. The highest BCUT2D eigenvalue weighted by Gasteiger charge is 2.29. The number of rotatable bonds is 5. The molecule has 0 N–H and O–H groups in total. The zero-order chi connectivity index (χ0) is 19.7. The zero-order valence-corrected chi connectivity index (χ0v) is 16.3. The molecule has 146 valence electrons. The van der Waals surface area contributed by atoms with Crippen LogP contribution in [0.15, 0.2) is 53.3 Å². The van der Waals surface area contributed by atoms with E-state index in [4.69, 9.17) is 4.74 Å². The summed E-state index contributed by atoms with van der Waals surface area (Å²) in [6.45, 7) is 1.16. The number of carbonyl (C=O) groups excluding carboxylic acids is 1. The van der Waals surface area contributed by atoms with Gasteiger partial charge in [-0.15, -0.1) is 0 Å². The van der Waals surface area contributed by atoms with Crippen molar-refractivity contribution >= 4 is 16.9 Å². The highest BCUT2D eigenvalue weighted by Crippen LogP contribution is 2.33. The van der Waals surface area contributed by atoms with E-state index in [0.29, 0.717) is 13.0 Å². The van der Waals surface area contributed by atoms with Crippen molar-refractivity contribution in [3.63, 3.8) is 0 Å². The lowest BCUT2D eigenvalue weighted by molar-refractivity contribution is -0.132. The van der Waals surface area contributed by atoms with E-state index < -0.39 is 0 Å². The van der Waals surface area contributed by atoms with Crippen LogP contribution in [0.5, 0.6) is 5.75 Å².